The molecule has 1 aromatic carbocycles. The molecular formula is C20H26BrN3O. The molecule has 3 heterocycles. The van der Waals surface area contributed by atoms with Gasteiger partial charge in [0.15, 0.2) is 0 Å². The number of hydrogen-bond acceptors (Lipinski definition) is 3. The predicted octanol–water partition coefficient (Wildman–Crippen LogP) is 3.20. The van der Waals surface area contributed by atoms with Crippen molar-refractivity contribution in [2.24, 2.45) is 7.05 Å². The maximum Gasteiger partial charge on any atom is 0.0594 e. The first-order valence-corrected chi connectivity index (χ1v) is 9.82. The Balaban J connectivity index is 1.65. The van der Waals surface area contributed by atoms with E-state index in [2.05, 4.69) is 74.7 Å². The SMILES string of the molecule is CN1Cc2c(cc(CN3CCOCC3)n2C)C(c2ccc(Br)cc2)C1. The highest BCUT2D eigenvalue weighted by Gasteiger charge is 2.29. The van der Waals surface area contributed by atoms with E-state index in [1.165, 1.54) is 22.5 Å². The third-order valence-electron chi connectivity index (χ3n) is 5.54. The molecule has 1 saturated heterocycles. The minimum absolute atomic E-state index is 0.450. The van der Waals surface area contributed by atoms with Crippen LogP contribution in [0.3, 0.4) is 0 Å². The lowest BCUT2D eigenvalue weighted by Crippen LogP contribution is -2.36. The monoisotopic (exact) mass is 403 g/mol. The van der Waals surface area contributed by atoms with Crippen LogP contribution < -0.4 is 0 Å². The molecule has 0 radical (unpaired) electrons. The fourth-order valence-corrected chi connectivity index (χ4v) is 4.34. The first-order valence-electron chi connectivity index (χ1n) is 9.03. The Morgan fingerprint density at radius 1 is 1.12 bits per heavy atom. The second-order valence-electron chi connectivity index (χ2n) is 7.29. The number of morpholine rings is 1. The number of ether oxygens (including phenoxy) is 1. The van der Waals surface area contributed by atoms with Gasteiger partial charge in [0.2, 0.25) is 0 Å². The summed E-state index contributed by atoms with van der Waals surface area (Å²) in [5.74, 6) is 0.450. The minimum atomic E-state index is 0.450. The zero-order valence-electron chi connectivity index (χ0n) is 15.0. The van der Waals surface area contributed by atoms with Crippen LogP contribution in [0.1, 0.15) is 28.4 Å². The maximum absolute atomic E-state index is 5.49. The molecule has 1 unspecified atom stereocenters. The normalized spacial score (nSPS) is 22.1. The summed E-state index contributed by atoms with van der Waals surface area (Å²) in [5.41, 5.74) is 5.79. The molecule has 2 aliphatic rings. The molecule has 0 aliphatic carbocycles. The Morgan fingerprint density at radius 3 is 2.56 bits per heavy atom. The van der Waals surface area contributed by atoms with Crippen LogP contribution in [0.4, 0.5) is 0 Å². The molecule has 2 aliphatic heterocycles. The Morgan fingerprint density at radius 2 is 1.84 bits per heavy atom. The van der Waals surface area contributed by atoms with Gasteiger partial charge in [-0.1, -0.05) is 28.1 Å². The smallest absolute Gasteiger partial charge is 0.0594 e. The summed E-state index contributed by atoms with van der Waals surface area (Å²) >= 11 is 3.55. The summed E-state index contributed by atoms with van der Waals surface area (Å²) in [7, 11) is 4.45. The van der Waals surface area contributed by atoms with E-state index in [-0.39, 0.29) is 0 Å². The van der Waals surface area contributed by atoms with Gasteiger partial charge in [-0.3, -0.25) is 9.80 Å². The first-order chi connectivity index (χ1) is 12.1. The van der Waals surface area contributed by atoms with E-state index in [1.54, 1.807) is 0 Å². The van der Waals surface area contributed by atoms with Gasteiger partial charge >= 0.3 is 0 Å². The fourth-order valence-electron chi connectivity index (χ4n) is 4.08. The molecule has 0 saturated carbocycles. The van der Waals surface area contributed by atoms with Crippen molar-refractivity contribution in [3.63, 3.8) is 0 Å². The zero-order chi connectivity index (χ0) is 17.4. The summed E-state index contributed by atoms with van der Waals surface area (Å²) in [6.45, 7) is 6.90. The van der Waals surface area contributed by atoms with Crippen LogP contribution in [-0.4, -0.2) is 54.3 Å². The minimum Gasteiger partial charge on any atom is -0.379 e. The lowest BCUT2D eigenvalue weighted by atomic mass is 9.88. The lowest BCUT2D eigenvalue weighted by Gasteiger charge is -2.31. The van der Waals surface area contributed by atoms with Gasteiger partial charge in [-0.15, -0.1) is 0 Å². The van der Waals surface area contributed by atoms with Crippen molar-refractivity contribution >= 4 is 15.9 Å². The molecule has 2 aromatic rings. The number of likely N-dealkylation sites (N-methyl/N-ethyl adjacent to an activating group) is 1. The Bertz CT molecular complexity index is 734. The highest BCUT2D eigenvalue weighted by atomic mass is 79.9. The van der Waals surface area contributed by atoms with Crippen LogP contribution in [0, 0.1) is 0 Å². The van der Waals surface area contributed by atoms with E-state index in [4.69, 9.17) is 4.74 Å². The van der Waals surface area contributed by atoms with Crippen molar-refractivity contribution < 1.29 is 4.74 Å². The van der Waals surface area contributed by atoms with E-state index < -0.39 is 0 Å². The summed E-state index contributed by atoms with van der Waals surface area (Å²) in [6.07, 6.45) is 0. The number of fused-ring (bicyclic) bond motifs is 1. The number of benzene rings is 1. The third-order valence-corrected chi connectivity index (χ3v) is 6.07. The molecule has 4 rings (SSSR count). The summed E-state index contributed by atoms with van der Waals surface area (Å²) < 4.78 is 9.05. The topological polar surface area (TPSA) is 20.6 Å². The third kappa shape index (κ3) is 3.56. The highest BCUT2D eigenvalue weighted by molar-refractivity contribution is 9.10. The lowest BCUT2D eigenvalue weighted by molar-refractivity contribution is 0.0332. The number of hydrogen-bond donors (Lipinski definition) is 0. The van der Waals surface area contributed by atoms with Crippen LogP contribution >= 0.6 is 15.9 Å². The summed E-state index contributed by atoms with van der Waals surface area (Å²) in [5, 5.41) is 0. The number of halogens is 1. The maximum atomic E-state index is 5.49. The van der Waals surface area contributed by atoms with Crippen LogP contribution in [0.2, 0.25) is 0 Å². The highest BCUT2D eigenvalue weighted by Crippen LogP contribution is 2.35. The fraction of sp³-hybridized carbons (Fsp3) is 0.500. The molecule has 1 atom stereocenters. The molecule has 0 spiro atoms. The molecule has 0 amide bonds. The van der Waals surface area contributed by atoms with Gasteiger partial charge in [0.25, 0.3) is 0 Å². The molecule has 1 fully saturated rings. The molecule has 134 valence electrons. The first kappa shape index (κ1) is 17.3. The van der Waals surface area contributed by atoms with Crippen LogP contribution in [0.25, 0.3) is 0 Å². The average molecular weight is 404 g/mol. The molecule has 0 N–H and O–H groups in total. The van der Waals surface area contributed by atoms with Gasteiger partial charge in [0.05, 0.1) is 13.2 Å². The molecule has 1 aromatic heterocycles. The van der Waals surface area contributed by atoms with E-state index in [0.29, 0.717) is 5.92 Å². The molecule has 0 bridgehead atoms. The van der Waals surface area contributed by atoms with Crippen LogP contribution in [0.15, 0.2) is 34.8 Å². The van der Waals surface area contributed by atoms with Crippen molar-refractivity contribution in [2.45, 2.75) is 19.0 Å². The van der Waals surface area contributed by atoms with Crippen molar-refractivity contribution in [1.82, 2.24) is 14.4 Å². The zero-order valence-corrected chi connectivity index (χ0v) is 16.6. The number of nitrogens with zero attached hydrogens (tertiary/aromatic N) is 3. The molecule has 4 nitrogen and oxygen atoms in total. The van der Waals surface area contributed by atoms with E-state index >= 15 is 0 Å². The van der Waals surface area contributed by atoms with Gasteiger partial charge < -0.3 is 9.30 Å². The quantitative estimate of drug-likeness (QED) is 0.784. The van der Waals surface area contributed by atoms with Gasteiger partial charge in [0.1, 0.15) is 0 Å². The number of aromatic nitrogens is 1. The van der Waals surface area contributed by atoms with E-state index in [9.17, 15) is 0 Å². The second kappa shape index (κ2) is 7.23. The Hall–Kier alpha value is -1.14. The predicted molar refractivity (Wildman–Crippen MR) is 104 cm³/mol. The van der Waals surface area contributed by atoms with Gasteiger partial charge in [-0.25, -0.2) is 0 Å². The van der Waals surface area contributed by atoms with Crippen LogP contribution in [0.5, 0.6) is 0 Å². The van der Waals surface area contributed by atoms with E-state index in [1.807, 2.05) is 0 Å². The summed E-state index contributed by atoms with van der Waals surface area (Å²) in [4.78, 5) is 4.94. The van der Waals surface area contributed by atoms with Crippen molar-refractivity contribution in [1.29, 1.82) is 0 Å². The Labute approximate surface area is 158 Å². The second-order valence-corrected chi connectivity index (χ2v) is 8.20. The van der Waals surface area contributed by atoms with Crippen molar-refractivity contribution in [3.8, 4) is 0 Å². The van der Waals surface area contributed by atoms with Gasteiger partial charge in [-0.2, -0.15) is 0 Å². The Kier molecular flexibility index (Phi) is 5.00. The molecule has 5 heteroatoms. The van der Waals surface area contributed by atoms with Gasteiger partial charge in [0, 0.05) is 61.5 Å². The average Bonchev–Trinajstić information content (AvgIpc) is 2.92. The van der Waals surface area contributed by atoms with Crippen LogP contribution in [-0.2, 0) is 24.9 Å². The van der Waals surface area contributed by atoms with Gasteiger partial charge in [-0.05, 0) is 36.4 Å². The largest absolute Gasteiger partial charge is 0.379 e. The summed E-state index contributed by atoms with van der Waals surface area (Å²) in [6, 6.07) is 11.3. The molecular weight excluding hydrogens is 378 g/mol. The molecule has 25 heavy (non-hydrogen) atoms. The van der Waals surface area contributed by atoms with Crippen molar-refractivity contribution in [3.05, 3.63) is 57.3 Å². The number of rotatable bonds is 3. The van der Waals surface area contributed by atoms with E-state index in [0.717, 1.165) is 50.4 Å². The standard InChI is InChI=1S/C20H26BrN3O/c1-22-13-19(15-3-5-16(21)6-4-15)18-11-17(23(2)20(18)14-22)12-24-7-9-25-10-8-24/h3-6,11,19H,7-10,12-14H2,1-2H3. The van der Waals surface area contributed by atoms with Crippen molar-refractivity contribution in [2.75, 3.05) is 39.9 Å².